The minimum atomic E-state index is 0.447. The zero-order valence-electron chi connectivity index (χ0n) is 6.47. The van der Waals surface area contributed by atoms with E-state index in [2.05, 4.69) is 12.3 Å². The monoisotopic (exact) mass is 144 g/mol. The first-order chi connectivity index (χ1) is 4.88. The first-order valence-electron chi connectivity index (χ1n) is 3.92. The predicted molar refractivity (Wildman–Crippen MR) is 40.3 cm³/mol. The standard InChI is InChI=1S/C7H16N2O/c1-2-7(9-8)6-3-4-10-5-6/h6-7,9H,2-5,8H2,1H3. The predicted octanol–water partition coefficient (Wildman–Crippen LogP) is 0.265. The molecule has 1 saturated heterocycles. The Labute approximate surface area is 61.9 Å². The molecule has 3 nitrogen and oxygen atoms in total. The highest BCUT2D eigenvalue weighted by molar-refractivity contribution is 4.75. The number of nitrogens with one attached hydrogen (secondary N) is 1. The topological polar surface area (TPSA) is 47.3 Å². The third-order valence-corrected chi connectivity index (χ3v) is 2.19. The van der Waals surface area contributed by atoms with Crippen molar-refractivity contribution < 1.29 is 4.74 Å². The van der Waals surface area contributed by atoms with E-state index in [1.807, 2.05) is 0 Å². The SMILES string of the molecule is CCC(NN)C1CCOC1. The Kier molecular flexibility index (Phi) is 3.12. The number of rotatable bonds is 3. The third-order valence-electron chi connectivity index (χ3n) is 2.19. The maximum atomic E-state index is 5.36. The summed E-state index contributed by atoms with van der Waals surface area (Å²) in [6.07, 6.45) is 2.24. The van der Waals surface area contributed by atoms with Crippen LogP contribution >= 0.6 is 0 Å². The minimum Gasteiger partial charge on any atom is -0.381 e. The van der Waals surface area contributed by atoms with E-state index in [1.165, 1.54) is 0 Å². The summed E-state index contributed by atoms with van der Waals surface area (Å²) in [7, 11) is 0. The van der Waals surface area contributed by atoms with Gasteiger partial charge < -0.3 is 4.74 Å². The second kappa shape index (κ2) is 3.91. The van der Waals surface area contributed by atoms with E-state index in [1.54, 1.807) is 0 Å². The summed E-state index contributed by atoms with van der Waals surface area (Å²) in [5, 5.41) is 0. The van der Waals surface area contributed by atoms with Gasteiger partial charge in [0.25, 0.3) is 0 Å². The quantitative estimate of drug-likeness (QED) is 0.441. The molecular weight excluding hydrogens is 128 g/mol. The van der Waals surface area contributed by atoms with Crippen LogP contribution in [-0.2, 0) is 4.74 Å². The van der Waals surface area contributed by atoms with Gasteiger partial charge in [-0.25, -0.2) is 0 Å². The Morgan fingerprint density at radius 2 is 2.60 bits per heavy atom. The maximum Gasteiger partial charge on any atom is 0.0510 e. The van der Waals surface area contributed by atoms with Crippen molar-refractivity contribution in [3.05, 3.63) is 0 Å². The highest BCUT2D eigenvalue weighted by atomic mass is 16.5. The Morgan fingerprint density at radius 3 is 3.00 bits per heavy atom. The largest absolute Gasteiger partial charge is 0.381 e. The fourth-order valence-corrected chi connectivity index (χ4v) is 1.46. The molecule has 1 aliphatic heterocycles. The Morgan fingerprint density at radius 1 is 1.80 bits per heavy atom. The molecule has 0 aliphatic carbocycles. The summed E-state index contributed by atoms with van der Waals surface area (Å²) in [6, 6.07) is 0.447. The molecule has 10 heavy (non-hydrogen) atoms. The van der Waals surface area contributed by atoms with Gasteiger partial charge in [0.2, 0.25) is 0 Å². The number of hydrogen-bond acceptors (Lipinski definition) is 3. The molecule has 1 aliphatic rings. The van der Waals surface area contributed by atoms with Crippen molar-refractivity contribution in [2.75, 3.05) is 13.2 Å². The van der Waals surface area contributed by atoms with Crippen LogP contribution in [0.3, 0.4) is 0 Å². The van der Waals surface area contributed by atoms with E-state index in [9.17, 15) is 0 Å². The first-order valence-corrected chi connectivity index (χ1v) is 3.92. The Hall–Kier alpha value is -0.120. The molecule has 1 fully saturated rings. The molecule has 3 heteroatoms. The number of hydrogen-bond donors (Lipinski definition) is 2. The zero-order chi connectivity index (χ0) is 7.40. The van der Waals surface area contributed by atoms with E-state index >= 15 is 0 Å². The summed E-state index contributed by atoms with van der Waals surface area (Å²) in [5.74, 6) is 5.99. The second-order valence-electron chi connectivity index (χ2n) is 2.81. The van der Waals surface area contributed by atoms with Crippen LogP contribution in [0, 0.1) is 5.92 Å². The molecule has 0 bridgehead atoms. The molecule has 0 radical (unpaired) electrons. The molecule has 0 spiro atoms. The van der Waals surface area contributed by atoms with Gasteiger partial charge in [0, 0.05) is 18.6 Å². The van der Waals surface area contributed by atoms with E-state index < -0.39 is 0 Å². The fourth-order valence-electron chi connectivity index (χ4n) is 1.46. The fraction of sp³-hybridized carbons (Fsp3) is 1.00. The van der Waals surface area contributed by atoms with Gasteiger partial charge in [0.1, 0.15) is 0 Å². The lowest BCUT2D eigenvalue weighted by atomic mass is 9.98. The lowest BCUT2D eigenvalue weighted by molar-refractivity contribution is 0.176. The average Bonchev–Trinajstić information content (AvgIpc) is 2.43. The van der Waals surface area contributed by atoms with Crippen LogP contribution in [-0.4, -0.2) is 19.3 Å². The van der Waals surface area contributed by atoms with Crippen molar-refractivity contribution in [3.63, 3.8) is 0 Å². The molecule has 1 rings (SSSR count). The normalized spacial score (nSPS) is 28.8. The minimum absolute atomic E-state index is 0.447. The molecule has 2 unspecified atom stereocenters. The lowest BCUT2D eigenvalue weighted by Crippen LogP contribution is -2.40. The van der Waals surface area contributed by atoms with Crippen LogP contribution in [0.15, 0.2) is 0 Å². The Balaban J connectivity index is 2.29. The Bertz CT molecular complexity index is 87.6. The van der Waals surface area contributed by atoms with Gasteiger partial charge in [0.05, 0.1) is 6.61 Å². The average molecular weight is 144 g/mol. The van der Waals surface area contributed by atoms with E-state index in [0.717, 1.165) is 26.1 Å². The van der Waals surface area contributed by atoms with Crippen LogP contribution in [0.2, 0.25) is 0 Å². The molecule has 0 aromatic heterocycles. The third kappa shape index (κ3) is 1.68. The number of nitrogens with two attached hydrogens (primary N) is 1. The van der Waals surface area contributed by atoms with Crippen LogP contribution in [0.5, 0.6) is 0 Å². The van der Waals surface area contributed by atoms with Gasteiger partial charge in [0.15, 0.2) is 0 Å². The van der Waals surface area contributed by atoms with Crippen LogP contribution < -0.4 is 11.3 Å². The van der Waals surface area contributed by atoms with Gasteiger partial charge in [-0.3, -0.25) is 11.3 Å². The van der Waals surface area contributed by atoms with Crippen molar-refractivity contribution in [2.24, 2.45) is 11.8 Å². The maximum absolute atomic E-state index is 5.36. The van der Waals surface area contributed by atoms with Crippen molar-refractivity contribution in [1.82, 2.24) is 5.43 Å². The number of ether oxygens (including phenoxy) is 1. The van der Waals surface area contributed by atoms with E-state index in [-0.39, 0.29) is 0 Å². The molecule has 2 atom stereocenters. The van der Waals surface area contributed by atoms with Gasteiger partial charge in [-0.15, -0.1) is 0 Å². The van der Waals surface area contributed by atoms with Crippen LogP contribution in [0.1, 0.15) is 19.8 Å². The molecule has 60 valence electrons. The van der Waals surface area contributed by atoms with Gasteiger partial charge in [-0.2, -0.15) is 0 Å². The van der Waals surface area contributed by atoms with E-state index in [4.69, 9.17) is 10.6 Å². The summed E-state index contributed by atoms with van der Waals surface area (Å²) in [5.41, 5.74) is 2.81. The van der Waals surface area contributed by atoms with Crippen molar-refractivity contribution in [2.45, 2.75) is 25.8 Å². The van der Waals surface area contributed by atoms with Crippen molar-refractivity contribution >= 4 is 0 Å². The summed E-state index contributed by atoms with van der Waals surface area (Å²) in [4.78, 5) is 0. The molecule has 0 amide bonds. The number of hydrazine groups is 1. The lowest BCUT2D eigenvalue weighted by Gasteiger charge is -2.18. The van der Waals surface area contributed by atoms with Crippen molar-refractivity contribution in [3.8, 4) is 0 Å². The first kappa shape index (κ1) is 7.98. The van der Waals surface area contributed by atoms with Crippen LogP contribution in [0.4, 0.5) is 0 Å². The molecular formula is C7H16N2O. The molecule has 0 aromatic carbocycles. The van der Waals surface area contributed by atoms with Gasteiger partial charge in [-0.1, -0.05) is 6.92 Å². The molecule has 1 heterocycles. The van der Waals surface area contributed by atoms with E-state index in [0.29, 0.717) is 12.0 Å². The summed E-state index contributed by atoms with van der Waals surface area (Å²) in [6.45, 7) is 3.92. The highest BCUT2D eigenvalue weighted by Gasteiger charge is 2.22. The van der Waals surface area contributed by atoms with Crippen molar-refractivity contribution in [1.29, 1.82) is 0 Å². The smallest absolute Gasteiger partial charge is 0.0510 e. The van der Waals surface area contributed by atoms with Gasteiger partial charge >= 0.3 is 0 Å². The molecule has 0 aromatic rings. The van der Waals surface area contributed by atoms with Gasteiger partial charge in [-0.05, 0) is 12.8 Å². The van der Waals surface area contributed by atoms with Crippen LogP contribution in [0.25, 0.3) is 0 Å². The summed E-state index contributed by atoms with van der Waals surface area (Å²) >= 11 is 0. The molecule has 0 saturated carbocycles. The highest BCUT2D eigenvalue weighted by Crippen LogP contribution is 2.17. The zero-order valence-corrected chi connectivity index (χ0v) is 6.47. The molecule has 3 N–H and O–H groups in total. The second-order valence-corrected chi connectivity index (χ2v) is 2.81. The summed E-state index contributed by atoms with van der Waals surface area (Å²) < 4.78 is 5.25.